The number of carbonyl (C=O) groups is 1. The number of benzene rings is 1. The maximum absolute atomic E-state index is 15.8. The molecule has 0 amide bonds. The number of thioether (sulfide) groups is 1. The SMILES string of the molecule is CC(C)OC(=O)[C@H](C)N[P@](=O)(OC[C@@]1(F)S[C@@H](n2ccc(N)nc2=O)C(O)C1O)Oc1ccccc1. The van der Waals surface area contributed by atoms with Crippen LogP contribution in [0.2, 0.25) is 0 Å². The van der Waals surface area contributed by atoms with E-state index in [4.69, 9.17) is 19.5 Å². The Kier molecular flexibility index (Phi) is 8.80. The van der Waals surface area contributed by atoms with Crippen molar-refractivity contribution in [2.75, 3.05) is 12.3 Å². The van der Waals surface area contributed by atoms with E-state index in [1.165, 1.54) is 31.3 Å². The molecular formula is C21H28FN4O8PS. The Bertz CT molecular complexity index is 1170. The first-order chi connectivity index (χ1) is 16.8. The van der Waals surface area contributed by atoms with Crippen molar-refractivity contribution < 1.29 is 37.7 Å². The maximum atomic E-state index is 15.8. The summed E-state index contributed by atoms with van der Waals surface area (Å²) in [6.07, 6.45) is -3.02. The molecule has 0 bridgehead atoms. The molecular weight excluding hydrogens is 518 g/mol. The van der Waals surface area contributed by atoms with Crippen molar-refractivity contribution >= 4 is 31.3 Å². The number of nitrogen functional groups attached to an aromatic ring is 1. The van der Waals surface area contributed by atoms with Gasteiger partial charge < -0.3 is 25.2 Å². The standard InChI is InChI=1S/C21H28FN4O8PS/c1-12(2)33-19(29)13(3)25-35(31,34-14-7-5-4-6-8-14)32-11-21(22)17(28)16(27)18(36-21)26-10-9-15(23)24-20(26)30/h4-10,12-13,16-18,27-28H,11H2,1-3H3,(H,25,31)(H2,23,24,30)/t13-,16?,17?,18+,21+,35-/m0/s1. The van der Waals surface area contributed by atoms with E-state index in [1.54, 1.807) is 32.0 Å². The molecule has 1 saturated heterocycles. The van der Waals surface area contributed by atoms with Gasteiger partial charge in [-0.15, -0.1) is 0 Å². The number of aromatic nitrogens is 2. The fraction of sp³-hybridized carbons (Fsp3) is 0.476. The van der Waals surface area contributed by atoms with Crippen LogP contribution < -0.4 is 21.0 Å². The minimum atomic E-state index is -4.44. The van der Waals surface area contributed by atoms with Gasteiger partial charge in [-0.05, 0) is 39.0 Å². The predicted octanol–water partition coefficient (Wildman–Crippen LogP) is 1.59. The summed E-state index contributed by atoms with van der Waals surface area (Å²) in [7, 11) is -4.44. The number of aliphatic hydroxyl groups excluding tert-OH is 2. The normalized spacial score (nSPS) is 26.4. The summed E-state index contributed by atoms with van der Waals surface area (Å²) in [5.74, 6) is -0.719. The van der Waals surface area contributed by atoms with Crippen molar-refractivity contribution in [3.8, 4) is 5.75 Å². The molecule has 0 aliphatic carbocycles. The number of aliphatic hydroxyl groups is 2. The highest BCUT2D eigenvalue weighted by Crippen LogP contribution is 2.53. The second kappa shape index (κ2) is 11.3. The number of hydrogen-bond donors (Lipinski definition) is 4. The predicted molar refractivity (Wildman–Crippen MR) is 130 cm³/mol. The number of esters is 1. The minimum absolute atomic E-state index is 0.0701. The monoisotopic (exact) mass is 546 g/mol. The van der Waals surface area contributed by atoms with Gasteiger partial charge >= 0.3 is 19.4 Å². The van der Waals surface area contributed by atoms with E-state index < -0.39 is 60.7 Å². The number of hydrogen-bond acceptors (Lipinski definition) is 11. The zero-order chi connectivity index (χ0) is 26.7. The van der Waals surface area contributed by atoms with Gasteiger partial charge in [-0.1, -0.05) is 30.0 Å². The van der Waals surface area contributed by atoms with E-state index in [9.17, 15) is 24.4 Å². The zero-order valence-corrected chi connectivity index (χ0v) is 21.4. The molecule has 12 nitrogen and oxygen atoms in total. The van der Waals surface area contributed by atoms with Crippen molar-refractivity contribution in [1.82, 2.24) is 14.6 Å². The molecule has 1 fully saturated rings. The van der Waals surface area contributed by atoms with Crippen molar-refractivity contribution in [3.63, 3.8) is 0 Å². The molecule has 2 heterocycles. The van der Waals surface area contributed by atoms with E-state index in [-0.39, 0.29) is 11.6 Å². The summed E-state index contributed by atoms with van der Waals surface area (Å²) in [6, 6.07) is 7.94. The first kappa shape index (κ1) is 28.1. The van der Waals surface area contributed by atoms with Gasteiger partial charge in [0, 0.05) is 6.20 Å². The minimum Gasteiger partial charge on any atom is -0.462 e. The van der Waals surface area contributed by atoms with E-state index >= 15 is 4.39 Å². The molecule has 1 aliphatic heterocycles. The van der Waals surface area contributed by atoms with E-state index in [0.29, 0.717) is 11.8 Å². The van der Waals surface area contributed by atoms with Crippen LogP contribution in [-0.2, 0) is 18.6 Å². The number of ether oxygens (including phenoxy) is 1. The van der Waals surface area contributed by atoms with Crippen LogP contribution in [0.1, 0.15) is 26.1 Å². The molecule has 5 N–H and O–H groups in total. The van der Waals surface area contributed by atoms with Crippen LogP contribution in [0.25, 0.3) is 0 Å². The summed E-state index contributed by atoms with van der Waals surface area (Å²) in [5.41, 5.74) is 4.61. The number of rotatable bonds is 10. The number of halogens is 1. The molecule has 1 aromatic heterocycles. The molecule has 0 saturated carbocycles. The Labute approximate surface area is 210 Å². The quantitative estimate of drug-likeness (QED) is 0.251. The van der Waals surface area contributed by atoms with Gasteiger partial charge in [0.2, 0.25) is 5.00 Å². The lowest BCUT2D eigenvalue weighted by molar-refractivity contribution is -0.149. The third kappa shape index (κ3) is 6.64. The molecule has 15 heteroatoms. The van der Waals surface area contributed by atoms with E-state index in [0.717, 1.165) is 4.57 Å². The highest BCUT2D eigenvalue weighted by molar-refractivity contribution is 8.01. The highest BCUT2D eigenvalue weighted by Gasteiger charge is 2.57. The molecule has 1 aromatic carbocycles. The molecule has 0 radical (unpaired) electrons. The number of nitrogens with two attached hydrogens (primary N) is 1. The summed E-state index contributed by atoms with van der Waals surface area (Å²) >= 11 is 0.377. The Hall–Kier alpha value is -2.48. The van der Waals surface area contributed by atoms with Crippen molar-refractivity contribution in [3.05, 3.63) is 53.1 Å². The number of para-hydroxylation sites is 1. The molecule has 2 aromatic rings. The van der Waals surface area contributed by atoms with Gasteiger partial charge in [0.1, 0.15) is 41.8 Å². The van der Waals surface area contributed by atoms with Crippen molar-refractivity contribution in [2.45, 2.75) is 55.5 Å². The number of anilines is 1. The smallest absolute Gasteiger partial charge is 0.459 e. The molecule has 198 valence electrons. The first-order valence-corrected chi connectivity index (χ1v) is 13.3. The van der Waals surface area contributed by atoms with Crippen LogP contribution in [0.4, 0.5) is 10.2 Å². The topological polar surface area (TPSA) is 175 Å². The Morgan fingerprint density at radius 2 is 1.97 bits per heavy atom. The second-order valence-electron chi connectivity index (χ2n) is 8.28. The van der Waals surface area contributed by atoms with Gasteiger partial charge in [-0.3, -0.25) is 13.9 Å². The summed E-state index contributed by atoms with van der Waals surface area (Å²) < 4.78 is 46.1. The fourth-order valence-corrected chi connectivity index (χ4v) is 6.19. The Balaban J connectivity index is 1.81. The lowest BCUT2D eigenvalue weighted by Crippen LogP contribution is -2.42. The summed E-state index contributed by atoms with van der Waals surface area (Å²) in [6.45, 7) is 3.60. The largest absolute Gasteiger partial charge is 0.462 e. The van der Waals surface area contributed by atoms with Crippen LogP contribution in [0.5, 0.6) is 5.75 Å². The van der Waals surface area contributed by atoms with Crippen LogP contribution in [0.15, 0.2) is 47.4 Å². The fourth-order valence-electron chi connectivity index (χ4n) is 3.22. The van der Waals surface area contributed by atoms with Crippen LogP contribution in [-0.4, -0.2) is 61.7 Å². The number of nitrogens with zero attached hydrogens (tertiary/aromatic N) is 2. The summed E-state index contributed by atoms with van der Waals surface area (Å²) in [5, 5.41) is 19.3. The lowest BCUT2D eigenvalue weighted by Gasteiger charge is -2.27. The van der Waals surface area contributed by atoms with E-state index in [2.05, 4.69) is 10.1 Å². The van der Waals surface area contributed by atoms with Crippen LogP contribution >= 0.6 is 19.5 Å². The van der Waals surface area contributed by atoms with Crippen LogP contribution in [0, 0.1) is 0 Å². The maximum Gasteiger partial charge on any atom is 0.459 e. The van der Waals surface area contributed by atoms with Gasteiger partial charge in [0.15, 0.2) is 0 Å². The molecule has 3 rings (SSSR count). The lowest BCUT2D eigenvalue weighted by atomic mass is 10.1. The van der Waals surface area contributed by atoms with E-state index in [1.807, 2.05) is 0 Å². The zero-order valence-electron chi connectivity index (χ0n) is 19.7. The van der Waals surface area contributed by atoms with Gasteiger partial charge in [0.25, 0.3) is 0 Å². The molecule has 36 heavy (non-hydrogen) atoms. The number of nitrogens with one attached hydrogen (secondary N) is 1. The molecule has 2 unspecified atom stereocenters. The Morgan fingerprint density at radius 1 is 1.31 bits per heavy atom. The molecule has 6 atom stereocenters. The molecule has 0 spiro atoms. The average Bonchev–Trinajstić information content (AvgIpc) is 3.02. The number of carbonyl (C=O) groups excluding carboxylic acids is 1. The van der Waals surface area contributed by atoms with Crippen molar-refractivity contribution in [1.29, 1.82) is 0 Å². The molecule has 1 aliphatic rings. The second-order valence-corrected chi connectivity index (χ2v) is 11.4. The average molecular weight is 547 g/mol. The number of alkyl halides is 1. The van der Waals surface area contributed by atoms with Crippen LogP contribution in [0.3, 0.4) is 0 Å². The van der Waals surface area contributed by atoms with Crippen molar-refractivity contribution in [2.24, 2.45) is 0 Å². The van der Waals surface area contributed by atoms with Gasteiger partial charge in [-0.25, -0.2) is 13.8 Å². The first-order valence-electron chi connectivity index (χ1n) is 10.9. The van der Waals surface area contributed by atoms with Gasteiger partial charge in [-0.2, -0.15) is 10.1 Å². The third-order valence-electron chi connectivity index (χ3n) is 4.96. The third-order valence-corrected chi connectivity index (χ3v) is 8.08. The van der Waals surface area contributed by atoms with Gasteiger partial charge in [0.05, 0.1) is 6.10 Å². The summed E-state index contributed by atoms with van der Waals surface area (Å²) in [4.78, 5) is 27.9. The highest BCUT2D eigenvalue weighted by atomic mass is 32.2. The Morgan fingerprint density at radius 3 is 2.58 bits per heavy atom.